The maximum Gasteiger partial charge on any atom is 0.266 e. The van der Waals surface area contributed by atoms with Gasteiger partial charge in [-0.05, 0) is 42.6 Å². The summed E-state index contributed by atoms with van der Waals surface area (Å²) >= 11 is 3.06. The standard InChI is InChI=1S/C23H17N3O2S2/c1-15-8-10-17(11-9-15)26-22(27)18-5-2-3-6-19(18)25-23(26)30-14-16-13-28-21(24-16)20-7-4-12-29-20/h2-13H,14H2,1H3. The fourth-order valence-electron chi connectivity index (χ4n) is 3.16. The third-order valence-electron chi connectivity index (χ3n) is 4.67. The van der Waals surface area contributed by atoms with Crippen LogP contribution >= 0.6 is 23.1 Å². The van der Waals surface area contributed by atoms with Gasteiger partial charge in [-0.25, -0.2) is 9.97 Å². The number of para-hydroxylation sites is 1. The first-order chi connectivity index (χ1) is 14.7. The molecule has 30 heavy (non-hydrogen) atoms. The second kappa shape index (κ2) is 7.93. The van der Waals surface area contributed by atoms with Gasteiger partial charge >= 0.3 is 0 Å². The molecule has 5 rings (SSSR count). The Balaban J connectivity index is 1.53. The zero-order valence-corrected chi connectivity index (χ0v) is 17.7. The molecule has 0 bridgehead atoms. The highest BCUT2D eigenvalue weighted by Gasteiger charge is 2.15. The molecule has 7 heteroatoms. The molecule has 0 unspecified atom stereocenters. The largest absolute Gasteiger partial charge is 0.444 e. The molecule has 0 fully saturated rings. The predicted octanol–water partition coefficient (Wildman–Crippen LogP) is 5.70. The first-order valence-electron chi connectivity index (χ1n) is 9.39. The van der Waals surface area contributed by atoms with E-state index in [4.69, 9.17) is 9.40 Å². The minimum atomic E-state index is -0.0774. The van der Waals surface area contributed by atoms with E-state index >= 15 is 0 Å². The number of fused-ring (bicyclic) bond motifs is 1. The number of rotatable bonds is 5. The normalized spacial score (nSPS) is 11.2. The highest BCUT2D eigenvalue weighted by molar-refractivity contribution is 7.98. The molecule has 5 aromatic rings. The lowest BCUT2D eigenvalue weighted by Gasteiger charge is -2.13. The van der Waals surface area contributed by atoms with Gasteiger partial charge in [-0.3, -0.25) is 9.36 Å². The lowest BCUT2D eigenvalue weighted by molar-refractivity contribution is 0.575. The number of hydrogen-bond acceptors (Lipinski definition) is 6. The maximum atomic E-state index is 13.3. The molecule has 0 aliphatic rings. The van der Waals surface area contributed by atoms with Gasteiger partial charge in [-0.15, -0.1) is 11.3 Å². The summed E-state index contributed by atoms with van der Waals surface area (Å²) in [6.07, 6.45) is 1.66. The Morgan fingerprint density at radius 2 is 1.87 bits per heavy atom. The third-order valence-corrected chi connectivity index (χ3v) is 6.50. The molecule has 3 heterocycles. The summed E-state index contributed by atoms with van der Waals surface area (Å²) in [7, 11) is 0. The number of hydrogen-bond donors (Lipinski definition) is 0. The van der Waals surface area contributed by atoms with E-state index in [0.717, 1.165) is 21.8 Å². The van der Waals surface area contributed by atoms with Crippen LogP contribution in [0.3, 0.4) is 0 Å². The average molecular weight is 432 g/mol. The average Bonchev–Trinajstić information content (AvgIpc) is 3.45. The van der Waals surface area contributed by atoms with Crippen LogP contribution in [0.2, 0.25) is 0 Å². The van der Waals surface area contributed by atoms with E-state index in [1.54, 1.807) is 22.2 Å². The zero-order chi connectivity index (χ0) is 20.5. The lowest BCUT2D eigenvalue weighted by atomic mass is 10.2. The molecule has 0 N–H and O–H groups in total. The summed E-state index contributed by atoms with van der Waals surface area (Å²) < 4.78 is 7.29. The maximum absolute atomic E-state index is 13.3. The van der Waals surface area contributed by atoms with Crippen molar-refractivity contribution in [3.05, 3.63) is 93.9 Å². The fraction of sp³-hybridized carbons (Fsp3) is 0.0870. The Morgan fingerprint density at radius 1 is 1.03 bits per heavy atom. The highest BCUT2D eigenvalue weighted by atomic mass is 32.2. The van der Waals surface area contributed by atoms with Crippen molar-refractivity contribution in [2.45, 2.75) is 17.8 Å². The van der Waals surface area contributed by atoms with Gasteiger partial charge in [0.1, 0.15) is 6.26 Å². The summed E-state index contributed by atoms with van der Waals surface area (Å²) in [6.45, 7) is 2.02. The molecule has 0 amide bonds. The highest BCUT2D eigenvalue weighted by Crippen LogP contribution is 2.28. The molecule has 0 radical (unpaired) electrons. The van der Waals surface area contributed by atoms with E-state index in [9.17, 15) is 4.79 Å². The van der Waals surface area contributed by atoms with Crippen molar-refractivity contribution in [3.8, 4) is 16.5 Å². The molecular weight excluding hydrogens is 414 g/mol. The summed E-state index contributed by atoms with van der Waals surface area (Å²) in [6, 6.07) is 19.3. The van der Waals surface area contributed by atoms with Crippen molar-refractivity contribution >= 4 is 34.0 Å². The lowest BCUT2D eigenvalue weighted by Crippen LogP contribution is -2.21. The molecule has 0 atom stereocenters. The van der Waals surface area contributed by atoms with E-state index in [1.807, 2.05) is 73.0 Å². The predicted molar refractivity (Wildman–Crippen MR) is 121 cm³/mol. The van der Waals surface area contributed by atoms with Crippen LogP contribution in [0.5, 0.6) is 0 Å². The van der Waals surface area contributed by atoms with Crippen LogP contribution in [-0.4, -0.2) is 14.5 Å². The second-order valence-electron chi connectivity index (χ2n) is 6.80. The summed E-state index contributed by atoms with van der Waals surface area (Å²) in [5.41, 5.74) is 3.35. The Morgan fingerprint density at radius 3 is 2.67 bits per heavy atom. The molecule has 0 saturated carbocycles. The Hall–Kier alpha value is -3.16. The van der Waals surface area contributed by atoms with E-state index in [0.29, 0.717) is 27.7 Å². The van der Waals surface area contributed by atoms with Crippen molar-refractivity contribution in [3.63, 3.8) is 0 Å². The van der Waals surface area contributed by atoms with Crippen LogP contribution in [0, 0.1) is 6.92 Å². The summed E-state index contributed by atoms with van der Waals surface area (Å²) in [4.78, 5) is 23.6. The SMILES string of the molecule is Cc1ccc(-n2c(SCc3coc(-c4cccs4)n3)nc3ccccc3c2=O)cc1. The smallest absolute Gasteiger partial charge is 0.266 e. The Kier molecular flexibility index (Phi) is 4.98. The van der Waals surface area contributed by atoms with Gasteiger partial charge in [0.25, 0.3) is 5.56 Å². The number of oxazole rings is 1. The van der Waals surface area contributed by atoms with Crippen LogP contribution in [-0.2, 0) is 5.75 Å². The van der Waals surface area contributed by atoms with Gasteiger partial charge in [0.05, 0.1) is 27.2 Å². The van der Waals surface area contributed by atoms with E-state index < -0.39 is 0 Å². The molecule has 0 spiro atoms. The number of aromatic nitrogens is 3. The van der Waals surface area contributed by atoms with Crippen molar-refractivity contribution in [1.29, 1.82) is 0 Å². The van der Waals surface area contributed by atoms with E-state index in [2.05, 4.69) is 4.98 Å². The van der Waals surface area contributed by atoms with Crippen molar-refractivity contribution in [2.24, 2.45) is 0 Å². The van der Waals surface area contributed by atoms with Gasteiger partial charge in [-0.2, -0.15) is 0 Å². The Bertz CT molecular complexity index is 1370. The molecule has 3 aromatic heterocycles. The van der Waals surface area contributed by atoms with Gasteiger partial charge in [0.15, 0.2) is 5.16 Å². The summed E-state index contributed by atoms with van der Waals surface area (Å²) in [5.74, 6) is 1.16. The number of benzene rings is 2. The second-order valence-corrected chi connectivity index (χ2v) is 8.69. The first-order valence-corrected chi connectivity index (χ1v) is 11.3. The monoisotopic (exact) mass is 431 g/mol. The van der Waals surface area contributed by atoms with Crippen LogP contribution in [0.1, 0.15) is 11.3 Å². The van der Waals surface area contributed by atoms with Gasteiger partial charge in [-0.1, -0.05) is 47.7 Å². The van der Waals surface area contributed by atoms with Crippen LogP contribution in [0.4, 0.5) is 0 Å². The number of thiophene rings is 1. The van der Waals surface area contributed by atoms with Crippen molar-refractivity contribution < 1.29 is 4.42 Å². The summed E-state index contributed by atoms with van der Waals surface area (Å²) in [5, 5.41) is 3.22. The van der Waals surface area contributed by atoms with Crippen LogP contribution in [0.15, 0.2) is 86.7 Å². The van der Waals surface area contributed by atoms with Gasteiger partial charge in [0.2, 0.25) is 5.89 Å². The van der Waals surface area contributed by atoms with E-state index in [-0.39, 0.29) is 5.56 Å². The zero-order valence-electron chi connectivity index (χ0n) is 16.1. The first kappa shape index (κ1) is 18.8. The topological polar surface area (TPSA) is 60.9 Å². The molecular formula is C23H17N3O2S2. The molecule has 0 aliphatic heterocycles. The Labute approximate surface area is 181 Å². The number of thioether (sulfide) groups is 1. The van der Waals surface area contributed by atoms with E-state index in [1.165, 1.54) is 11.8 Å². The van der Waals surface area contributed by atoms with Crippen LogP contribution in [0.25, 0.3) is 27.4 Å². The number of nitrogens with zero attached hydrogens (tertiary/aromatic N) is 3. The minimum Gasteiger partial charge on any atom is -0.444 e. The molecule has 0 saturated heterocycles. The van der Waals surface area contributed by atoms with Crippen molar-refractivity contribution in [1.82, 2.24) is 14.5 Å². The molecule has 2 aromatic carbocycles. The van der Waals surface area contributed by atoms with Gasteiger partial charge < -0.3 is 4.42 Å². The molecule has 148 valence electrons. The van der Waals surface area contributed by atoms with Crippen LogP contribution < -0.4 is 5.56 Å². The quantitative estimate of drug-likeness (QED) is 0.264. The molecule has 0 aliphatic carbocycles. The number of aryl methyl sites for hydroxylation is 1. The minimum absolute atomic E-state index is 0.0774. The molecule has 5 nitrogen and oxygen atoms in total. The third kappa shape index (κ3) is 3.58. The van der Waals surface area contributed by atoms with Crippen molar-refractivity contribution in [2.75, 3.05) is 0 Å². The van der Waals surface area contributed by atoms with Gasteiger partial charge in [0, 0.05) is 5.75 Å². The fourth-order valence-corrected chi connectivity index (χ4v) is 4.70.